The van der Waals surface area contributed by atoms with E-state index in [1.54, 1.807) is 6.07 Å². The average molecular weight is 627 g/mol. The van der Waals surface area contributed by atoms with Crippen molar-refractivity contribution in [3.63, 3.8) is 0 Å². The molecule has 0 amide bonds. The third-order valence-electron chi connectivity index (χ3n) is 5.62. The summed E-state index contributed by atoms with van der Waals surface area (Å²) in [6.45, 7) is -2.15. The minimum atomic E-state index is -3.27. The number of aliphatic hydroxyl groups excluding tert-OH is 2. The minimum absolute atomic E-state index is 0.0149. The fourth-order valence-electron chi connectivity index (χ4n) is 3.48. The second-order valence-corrected chi connectivity index (χ2v) is 9.04. The van der Waals surface area contributed by atoms with Gasteiger partial charge >= 0.3 is 11.8 Å². The number of hydrogen-bond donors (Lipinski definition) is 4. The van der Waals surface area contributed by atoms with Crippen molar-refractivity contribution in [3.8, 4) is 0 Å². The molecule has 0 aliphatic rings. The fourth-order valence-corrected chi connectivity index (χ4v) is 3.69. The van der Waals surface area contributed by atoms with E-state index in [0.717, 1.165) is 10.8 Å². The van der Waals surface area contributed by atoms with Gasteiger partial charge in [-0.2, -0.15) is 17.6 Å². The number of hydrogen-bond acceptors (Lipinski definition) is 10. The van der Waals surface area contributed by atoms with E-state index in [-0.39, 0.29) is 48.8 Å². The van der Waals surface area contributed by atoms with Crippen LogP contribution in [0.25, 0.3) is 0 Å². The molecule has 12 nitrogen and oxygen atoms in total. The number of anilines is 2. The number of nitrogens with zero attached hydrogens (tertiary/aromatic N) is 6. The van der Waals surface area contributed by atoms with Crippen LogP contribution in [0.1, 0.15) is 11.4 Å². The van der Waals surface area contributed by atoms with Crippen molar-refractivity contribution in [1.29, 1.82) is 0 Å². The second kappa shape index (κ2) is 15.2. The van der Waals surface area contributed by atoms with E-state index in [0.29, 0.717) is 0 Å². The van der Waals surface area contributed by atoms with E-state index in [2.05, 4.69) is 30.6 Å². The first-order valence-electron chi connectivity index (χ1n) is 12.6. The van der Waals surface area contributed by atoms with Crippen LogP contribution in [-0.4, -0.2) is 65.6 Å². The van der Waals surface area contributed by atoms with Gasteiger partial charge in [0.25, 0.3) is 11.1 Å². The van der Waals surface area contributed by atoms with Gasteiger partial charge in [-0.3, -0.25) is 24.1 Å². The predicted octanol–water partition coefficient (Wildman–Crippen LogP) is 2.32. The molecular formula is C26H27ClF4N8O4. The Bertz CT molecular complexity index is 1580. The van der Waals surface area contributed by atoms with Crippen LogP contribution < -0.4 is 21.8 Å². The normalized spacial score (nSPS) is 11.4. The molecular weight excluding hydrogens is 600 g/mol. The molecule has 4 aromatic rings. The summed E-state index contributed by atoms with van der Waals surface area (Å²) < 4.78 is 58.0. The molecule has 0 saturated carbocycles. The molecule has 0 fully saturated rings. The van der Waals surface area contributed by atoms with Crippen molar-refractivity contribution >= 4 is 23.2 Å². The van der Waals surface area contributed by atoms with Gasteiger partial charge in [-0.25, -0.2) is 9.97 Å². The van der Waals surface area contributed by atoms with Crippen LogP contribution in [0.5, 0.6) is 0 Å². The largest absolute Gasteiger partial charge is 0.395 e. The molecule has 0 radical (unpaired) electrons. The van der Waals surface area contributed by atoms with Gasteiger partial charge in [0.05, 0.1) is 39.0 Å². The summed E-state index contributed by atoms with van der Waals surface area (Å²) >= 11 is 5.77. The Morgan fingerprint density at radius 1 is 0.744 bits per heavy atom. The Morgan fingerprint density at radius 3 is 1.77 bits per heavy atom. The van der Waals surface area contributed by atoms with Gasteiger partial charge in [-0.1, -0.05) is 23.7 Å². The summed E-state index contributed by atoms with van der Waals surface area (Å²) in [6.07, 6.45) is 6.37. The molecule has 0 spiro atoms. The third-order valence-corrected chi connectivity index (χ3v) is 5.92. The van der Waals surface area contributed by atoms with Gasteiger partial charge in [0.15, 0.2) is 11.6 Å². The maximum absolute atomic E-state index is 14.0. The number of halogens is 5. The zero-order valence-electron chi connectivity index (χ0n) is 22.4. The number of nitrogens with one attached hydrogen (secondary N) is 2. The highest BCUT2D eigenvalue weighted by atomic mass is 35.5. The van der Waals surface area contributed by atoms with Crippen molar-refractivity contribution in [1.82, 2.24) is 29.1 Å². The number of aliphatic hydroxyl groups is 2. The highest BCUT2D eigenvalue weighted by Crippen LogP contribution is 2.26. The lowest BCUT2D eigenvalue weighted by Crippen LogP contribution is -2.31. The summed E-state index contributed by atoms with van der Waals surface area (Å²) in [5.74, 6) is -6.96. The lowest BCUT2D eigenvalue weighted by Gasteiger charge is -2.17. The van der Waals surface area contributed by atoms with Crippen molar-refractivity contribution < 1.29 is 27.8 Å². The Morgan fingerprint density at radius 2 is 1.28 bits per heavy atom. The number of alkyl halides is 4. The van der Waals surface area contributed by atoms with Crippen LogP contribution in [0.4, 0.5) is 29.2 Å². The molecule has 0 atom stereocenters. The first-order valence-corrected chi connectivity index (χ1v) is 13.0. The zero-order valence-corrected chi connectivity index (χ0v) is 23.1. The monoisotopic (exact) mass is 626 g/mol. The molecule has 0 aliphatic heterocycles. The van der Waals surface area contributed by atoms with Crippen molar-refractivity contribution in [2.45, 2.75) is 24.9 Å². The summed E-state index contributed by atoms with van der Waals surface area (Å²) in [5, 5.41) is 22.3. The van der Waals surface area contributed by atoms with E-state index >= 15 is 0 Å². The van der Waals surface area contributed by atoms with Gasteiger partial charge in [0.1, 0.15) is 16.5 Å². The quantitative estimate of drug-likeness (QED) is 0.172. The fraction of sp³-hybridized carbons (Fsp3) is 0.308. The molecule has 4 rings (SSSR count). The van der Waals surface area contributed by atoms with Crippen molar-refractivity contribution in [2.75, 3.05) is 36.9 Å². The molecule has 4 heterocycles. The second-order valence-electron chi connectivity index (χ2n) is 8.65. The summed E-state index contributed by atoms with van der Waals surface area (Å²) in [4.78, 5) is 38.5. The van der Waals surface area contributed by atoms with E-state index < -0.39 is 41.7 Å². The lowest BCUT2D eigenvalue weighted by molar-refractivity contribution is 0.00535. The third kappa shape index (κ3) is 9.04. The van der Waals surface area contributed by atoms with Crippen molar-refractivity contribution in [3.05, 3.63) is 105 Å². The van der Waals surface area contributed by atoms with E-state index in [1.807, 2.05) is 0 Å². The zero-order chi connectivity index (χ0) is 31.5. The predicted molar refractivity (Wildman–Crippen MR) is 149 cm³/mol. The summed E-state index contributed by atoms with van der Waals surface area (Å²) in [7, 11) is 0. The Balaban J connectivity index is 0.000000236. The Hall–Kier alpha value is -4.41. The molecule has 43 heavy (non-hydrogen) atoms. The van der Waals surface area contributed by atoms with Gasteiger partial charge in [-0.05, 0) is 24.3 Å². The molecule has 0 aliphatic carbocycles. The van der Waals surface area contributed by atoms with Gasteiger partial charge in [-0.15, -0.1) is 0 Å². The van der Waals surface area contributed by atoms with Crippen LogP contribution in [0.15, 0.2) is 77.0 Å². The minimum Gasteiger partial charge on any atom is -0.395 e. The van der Waals surface area contributed by atoms with Crippen molar-refractivity contribution in [2.24, 2.45) is 0 Å². The topological polar surface area (TPSA) is 160 Å². The smallest absolute Gasteiger partial charge is 0.306 e. The molecule has 0 unspecified atom stereocenters. The number of pyridine rings is 2. The first-order chi connectivity index (χ1) is 20.5. The molecule has 0 bridgehead atoms. The number of aromatic nitrogens is 6. The highest BCUT2D eigenvalue weighted by Gasteiger charge is 2.34. The molecule has 4 N–H and O–H groups in total. The lowest BCUT2D eigenvalue weighted by atomic mass is 10.2. The van der Waals surface area contributed by atoms with Gasteiger partial charge < -0.3 is 25.4 Å². The van der Waals surface area contributed by atoms with Crippen LogP contribution >= 0.6 is 11.6 Å². The van der Waals surface area contributed by atoms with Crippen LogP contribution in [0, 0.1) is 0 Å². The van der Waals surface area contributed by atoms with E-state index in [4.69, 9.17) is 21.8 Å². The molecule has 0 saturated heterocycles. The van der Waals surface area contributed by atoms with Gasteiger partial charge in [0, 0.05) is 31.3 Å². The maximum Gasteiger partial charge on any atom is 0.306 e. The number of rotatable bonds is 12. The van der Waals surface area contributed by atoms with Gasteiger partial charge in [0.2, 0.25) is 0 Å². The summed E-state index contributed by atoms with van der Waals surface area (Å²) in [6, 6.07) is 8.39. The SMILES string of the molecule is O=c1c(NCC(F)(F)c2ccccn2)ncc(Cl)n1CCO.O=c1c(NCC(F)(F)c2ccccn2)nccn1CCO. The molecule has 17 heteroatoms. The Kier molecular flexibility index (Phi) is 11.7. The van der Waals surface area contributed by atoms with Crippen LogP contribution in [-0.2, 0) is 24.9 Å². The maximum atomic E-state index is 14.0. The summed E-state index contributed by atoms with van der Waals surface area (Å²) in [5.41, 5.74) is -2.04. The molecule has 230 valence electrons. The molecule has 0 aromatic carbocycles. The van der Waals surface area contributed by atoms with E-state index in [1.165, 1.54) is 59.7 Å². The Labute approximate surface area is 246 Å². The standard InChI is InChI=1S/C13H13ClF2N4O2.C13H14F2N4O2/c14-10-7-18-11(12(22)20(10)5-6-21)19-8-13(15,16)9-3-1-2-4-17-9;14-13(15,10-3-1-2-4-16-10)9-18-11-12(21)19(7-8-20)6-5-17-11/h1-4,7,21H,5-6,8H2,(H,18,19);1-6,20H,7-9H2,(H,17,18). The first kappa shape index (κ1) is 33.1. The van der Waals surface area contributed by atoms with Crippen LogP contribution in [0.2, 0.25) is 5.15 Å². The molecule has 4 aromatic heterocycles. The van der Waals surface area contributed by atoms with Crippen LogP contribution in [0.3, 0.4) is 0 Å². The van der Waals surface area contributed by atoms with E-state index in [9.17, 15) is 27.2 Å². The average Bonchev–Trinajstić information content (AvgIpc) is 3.00. The highest BCUT2D eigenvalue weighted by molar-refractivity contribution is 6.29.